The Labute approximate surface area is 258 Å². The predicted octanol–water partition coefficient (Wildman–Crippen LogP) is 5.14. The number of nitrogens with zero attached hydrogens (tertiary/aromatic N) is 3. The number of hydrazone groups is 1. The molecule has 1 heterocycles. The fourth-order valence-corrected chi connectivity index (χ4v) is 6.17. The molecule has 5 aromatic rings. The van der Waals surface area contributed by atoms with Crippen LogP contribution in [-0.4, -0.2) is 36.6 Å². The minimum atomic E-state index is -4.46. The number of hydrogen-bond donors (Lipinski definition) is 1. The summed E-state index contributed by atoms with van der Waals surface area (Å²) >= 11 is 3.29. The number of nitrogens with one attached hydrogen (secondary N) is 1. The van der Waals surface area contributed by atoms with Gasteiger partial charge in [-0.15, -0.1) is 0 Å². The Balaban J connectivity index is 1.37. The van der Waals surface area contributed by atoms with E-state index in [0.29, 0.717) is 27.4 Å². The van der Waals surface area contributed by atoms with Crippen LogP contribution in [0.3, 0.4) is 0 Å². The SMILES string of the molecule is CCOc1cc(/C=N\NC(=O)Cn2c3ccccc3c(=O)c3ccccc32)cc(Br)c1OS(=O)(=O)c1cccc([N+](=O)[O-])c1. The van der Waals surface area contributed by atoms with Gasteiger partial charge in [0.25, 0.3) is 11.6 Å². The lowest BCUT2D eigenvalue weighted by Crippen LogP contribution is -2.25. The first-order chi connectivity index (χ1) is 21.1. The van der Waals surface area contributed by atoms with E-state index in [2.05, 4.69) is 26.5 Å². The van der Waals surface area contributed by atoms with Crippen molar-refractivity contribution in [2.24, 2.45) is 5.10 Å². The molecule has 0 saturated carbocycles. The number of pyridine rings is 1. The van der Waals surface area contributed by atoms with Gasteiger partial charge in [0, 0.05) is 22.9 Å². The Morgan fingerprint density at radius 3 is 2.32 bits per heavy atom. The van der Waals surface area contributed by atoms with E-state index in [1.165, 1.54) is 36.5 Å². The van der Waals surface area contributed by atoms with Crippen LogP contribution in [0, 0.1) is 10.1 Å². The second kappa shape index (κ2) is 12.7. The van der Waals surface area contributed by atoms with Crippen LogP contribution in [0.5, 0.6) is 11.5 Å². The van der Waals surface area contributed by atoms with E-state index in [1.807, 2.05) is 0 Å². The van der Waals surface area contributed by atoms with Gasteiger partial charge in [-0.3, -0.25) is 19.7 Å². The Morgan fingerprint density at radius 2 is 1.68 bits per heavy atom. The number of non-ortho nitro benzene ring substituents is 1. The highest BCUT2D eigenvalue weighted by Crippen LogP contribution is 2.38. The summed E-state index contributed by atoms with van der Waals surface area (Å²) in [6, 6.07) is 21.5. The molecule has 0 aliphatic rings. The zero-order valence-corrected chi connectivity index (χ0v) is 25.4. The lowest BCUT2D eigenvalue weighted by atomic mass is 10.1. The number of aromatic nitrogens is 1. The first-order valence-electron chi connectivity index (χ1n) is 13.1. The van der Waals surface area contributed by atoms with Crippen LogP contribution in [0.25, 0.3) is 21.8 Å². The van der Waals surface area contributed by atoms with Crippen LogP contribution in [0.2, 0.25) is 0 Å². The third-order valence-corrected chi connectivity index (χ3v) is 8.23. The third-order valence-electron chi connectivity index (χ3n) is 6.43. The Kier molecular flexibility index (Phi) is 8.73. The summed E-state index contributed by atoms with van der Waals surface area (Å²) in [5, 5.41) is 16.1. The molecule has 0 unspecified atom stereocenters. The summed E-state index contributed by atoms with van der Waals surface area (Å²) in [5.74, 6) is -0.571. The Bertz CT molecular complexity index is 2070. The van der Waals surface area contributed by atoms with E-state index in [1.54, 1.807) is 60.0 Å². The molecule has 1 amide bonds. The van der Waals surface area contributed by atoms with Gasteiger partial charge in [-0.25, -0.2) is 5.43 Å². The molecule has 0 saturated heterocycles. The van der Waals surface area contributed by atoms with Gasteiger partial charge < -0.3 is 13.5 Å². The molecule has 0 fully saturated rings. The maximum atomic E-state index is 12.9. The maximum Gasteiger partial charge on any atom is 0.339 e. The highest BCUT2D eigenvalue weighted by Gasteiger charge is 2.24. The van der Waals surface area contributed by atoms with Crippen LogP contribution in [-0.2, 0) is 21.5 Å². The zero-order chi connectivity index (χ0) is 31.4. The summed E-state index contributed by atoms with van der Waals surface area (Å²) < 4.78 is 38.7. The maximum absolute atomic E-state index is 12.9. The summed E-state index contributed by atoms with van der Waals surface area (Å²) in [6.45, 7) is 1.74. The molecule has 1 N–H and O–H groups in total. The van der Waals surface area contributed by atoms with E-state index in [9.17, 15) is 28.1 Å². The Morgan fingerprint density at radius 1 is 1.02 bits per heavy atom. The van der Waals surface area contributed by atoms with Crippen LogP contribution in [0.1, 0.15) is 12.5 Å². The number of fused-ring (bicyclic) bond motifs is 2. The number of benzene rings is 4. The van der Waals surface area contributed by atoms with Crippen LogP contribution >= 0.6 is 15.9 Å². The molecule has 0 bridgehead atoms. The average Bonchev–Trinajstić information content (AvgIpc) is 3.01. The van der Waals surface area contributed by atoms with Gasteiger partial charge in [-0.05, 0) is 70.9 Å². The first kappa shape index (κ1) is 30.4. The van der Waals surface area contributed by atoms with Crippen molar-refractivity contribution in [2.75, 3.05) is 6.61 Å². The zero-order valence-electron chi connectivity index (χ0n) is 23.0. The number of hydrogen-bond acceptors (Lipinski definition) is 9. The normalized spacial score (nSPS) is 11.6. The highest BCUT2D eigenvalue weighted by atomic mass is 79.9. The van der Waals surface area contributed by atoms with Gasteiger partial charge in [-0.1, -0.05) is 30.3 Å². The van der Waals surface area contributed by atoms with Crippen molar-refractivity contribution < 1.29 is 27.1 Å². The number of nitro benzene ring substituents is 1. The topological polar surface area (TPSA) is 159 Å². The monoisotopic (exact) mass is 678 g/mol. The number of carbonyl (C=O) groups is 1. The van der Waals surface area contributed by atoms with E-state index < -0.39 is 31.5 Å². The standard InChI is InChI=1S/C30H23BrN4O8S/c1-2-42-27-15-19(14-24(31)30(27)43-44(40,41)21-9-7-8-20(16-21)35(38)39)17-32-33-28(36)18-34-25-12-5-3-10-22(25)29(37)23-11-4-6-13-26(23)34/h3-17H,2,18H2,1H3,(H,33,36)/b32-17-. The van der Waals surface area contributed by atoms with Crippen LogP contribution in [0.4, 0.5) is 5.69 Å². The molecule has 0 atom stereocenters. The van der Waals surface area contributed by atoms with E-state index >= 15 is 0 Å². The second-order valence-electron chi connectivity index (χ2n) is 9.30. The Hall–Kier alpha value is -5.08. The lowest BCUT2D eigenvalue weighted by molar-refractivity contribution is -0.385. The quantitative estimate of drug-likeness (QED) is 0.0699. The second-order valence-corrected chi connectivity index (χ2v) is 11.7. The molecule has 0 aliphatic carbocycles. The number of para-hydroxylation sites is 2. The van der Waals surface area contributed by atoms with Gasteiger partial charge in [0.05, 0.1) is 33.3 Å². The molecule has 0 radical (unpaired) electrons. The van der Waals surface area contributed by atoms with Gasteiger partial charge in [0.2, 0.25) is 0 Å². The molecule has 4 aromatic carbocycles. The van der Waals surface area contributed by atoms with Crippen LogP contribution < -0.4 is 19.8 Å². The molecule has 0 aliphatic heterocycles. The number of carbonyl (C=O) groups excluding carboxylic acids is 1. The van der Waals surface area contributed by atoms with E-state index in [0.717, 1.165) is 6.07 Å². The summed E-state index contributed by atoms with van der Waals surface area (Å²) in [4.78, 5) is 35.9. The fraction of sp³-hybridized carbons (Fsp3) is 0.100. The molecule has 1 aromatic heterocycles. The molecule has 5 rings (SSSR count). The molecule has 12 nitrogen and oxygen atoms in total. The number of ether oxygens (including phenoxy) is 1. The molecule has 44 heavy (non-hydrogen) atoms. The minimum Gasteiger partial charge on any atom is -0.490 e. The van der Waals surface area contributed by atoms with Gasteiger partial charge in [0.15, 0.2) is 16.9 Å². The number of halogens is 1. The first-order valence-corrected chi connectivity index (χ1v) is 15.3. The van der Waals surface area contributed by atoms with Crippen molar-refractivity contribution in [1.82, 2.24) is 9.99 Å². The van der Waals surface area contributed by atoms with E-state index in [-0.39, 0.29) is 34.6 Å². The lowest BCUT2D eigenvalue weighted by Gasteiger charge is -2.15. The van der Waals surface area contributed by atoms with Gasteiger partial charge >= 0.3 is 10.1 Å². The van der Waals surface area contributed by atoms with Crippen molar-refractivity contribution in [3.8, 4) is 11.5 Å². The summed E-state index contributed by atoms with van der Waals surface area (Å²) in [5.41, 5.74) is 3.60. The van der Waals surface area contributed by atoms with Crippen molar-refractivity contribution in [1.29, 1.82) is 0 Å². The summed E-state index contributed by atoms with van der Waals surface area (Å²) in [7, 11) is -4.46. The number of rotatable bonds is 10. The van der Waals surface area contributed by atoms with Crippen molar-refractivity contribution in [2.45, 2.75) is 18.4 Å². The largest absolute Gasteiger partial charge is 0.490 e. The molecule has 0 spiro atoms. The van der Waals surface area contributed by atoms with Crippen molar-refractivity contribution >= 4 is 65.7 Å². The van der Waals surface area contributed by atoms with E-state index in [4.69, 9.17) is 8.92 Å². The van der Waals surface area contributed by atoms with Crippen LogP contribution in [0.15, 0.2) is 104 Å². The highest BCUT2D eigenvalue weighted by molar-refractivity contribution is 9.10. The third kappa shape index (κ3) is 6.31. The predicted molar refractivity (Wildman–Crippen MR) is 168 cm³/mol. The minimum absolute atomic E-state index is 0.0508. The molecule has 224 valence electrons. The number of amides is 1. The number of nitro groups is 1. The molecule has 14 heteroatoms. The molecular formula is C30H23BrN4O8S. The van der Waals surface area contributed by atoms with Crippen molar-refractivity contribution in [3.63, 3.8) is 0 Å². The van der Waals surface area contributed by atoms with Gasteiger partial charge in [-0.2, -0.15) is 13.5 Å². The smallest absolute Gasteiger partial charge is 0.339 e. The fourth-order valence-electron chi connectivity index (χ4n) is 4.52. The average molecular weight is 680 g/mol. The summed E-state index contributed by atoms with van der Waals surface area (Å²) in [6.07, 6.45) is 1.34. The van der Waals surface area contributed by atoms with Crippen molar-refractivity contribution in [3.05, 3.63) is 115 Å². The molecular weight excluding hydrogens is 656 g/mol. The van der Waals surface area contributed by atoms with Gasteiger partial charge in [0.1, 0.15) is 11.4 Å².